The van der Waals surface area contributed by atoms with Gasteiger partial charge in [0.1, 0.15) is 11.6 Å². The van der Waals surface area contributed by atoms with Crippen molar-refractivity contribution < 1.29 is 8.78 Å². The zero-order chi connectivity index (χ0) is 19.8. The second-order valence-electron chi connectivity index (χ2n) is 7.52. The lowest BCUT2D eigenvalue weighted by atomic mass is 10.1. The molecule has 1 fully saturated rings. The van der Waals surface area contributed by atoms with Crippen molar-refractivity contribution in [3.8, 4) is 22.5 Å². The molecule has 0 aliphatic carbocycles. The van der Waals surface area contributed by atoms with Crippen LogP contribution in [-0.2, 0) is 13.6 Å². The van der Waals surface area contributed by atoms with E-state index in [-0.39, 0.29) is 5.56 Å². The Balaban J connectivity index is 1.79. The number of hydrogen-bond donors (Lipinski definition) is 0. The SMILES string of the molecule is CN1CCN(C)C(Cn2cnc(-c3cc(F)ccc3F)c2-c2cnn(C)c2)C1. The van der Waals surface area contributed by atoms with Crippen molar-refractivity contribution in [1.82, 2.24) is 29.1 Å². The molecular formula is C20H24F2N6. The predicted molar refractivity (Wildman–Crippen MR) is 104 cm³/mol. The minimum Gasteiger partial charge on any atom is -0.328 e. The monoisotopic (exact) mass is 386 g/mol. The predicted octanol–water partition coefficient (Wildman–Crippen LogP) is 2.47. The number of halogens is 2. The summed E-state index contributed by atoms with van der Waals surface area (Å²) in [5.74, 6) is -0.983. The lowest BCUT2D eigenvalue weighted by molar-refractivity contribution is 0.103. The van der Waals surface area contributed by atoms with Crippen LogP contribution < -0.4 is 0 Å². The average Bonchev–Trinajstić information content (AvgIpc) is 3.26. The first kappa shape index (κ1) is 18.8. The third kappa shape index (κ3) is 3.57. The normalized spacial score (nSPS) is 18.7. The molecule has 28 heavy (non-hydrogen) atoms. The molecule has 1 aliphatic rings. The average molecular weight is 386 g/mol. The summed E-state index contributed by atoms with van der Waals surface area (Å²) >= 11 is 0. The summed E-state index contributed by atoms with van der Waals surface area (Å²) in [5, 5.41) is 4.25. The molecule has 0 amide bonds. The van der Waals surface area contributed by atoms with Gasteiger partial charge in [-0.3, -0.25) is 9.58 Å². The van der Waals surface area contributed by atoms with Gasteiger partial charge in [0, 0.05) is 56.6 Å². The Kier molecular flexibility index (Phi) is 4.99. The summed E-state index contributed by atoms with van der Waals surface area (Å²) in [5.41, 5.74) is 2.16. The summed E-state index contributed by atoms with van der Waals surface area (Å²) in [6, 6.07) is 3.75. The van der Waals surface area contributed by atoms with Crippen molar-refractivity contribution in [2.45, 2.75) is 12.6 Å². The number of nitrogens with zero attached hydrogens (tertiary/aromatic N) is 6. The lowest BCUT2D eigenvalue weighted by Gasteiger charge is -2.38. The minimum absolute atomic E-state index is 0.159. The fourth-order valence-corrected chi connectivity index (χ4v) is 3.77. The van der Waals surface area contributed by atoms with Crippen LogP contribution in [0.25, 0.3) is 22.5 Å². The van der Waals surface area contributed by atoms with Crippen LogP contribution in [0, 0.1) is 11.6 Å². The van der Waals surface area contributed by atoms with Gasteiger partial charge in [0.15, 0.2) is 0 Å². The summed E-state index contributed by atoms with van der Waals surface area (Å²) in [4.78, 5) is 9.10. The number of piperazine rings is 1. The van der Waals surface area contributed by atoms with Crippen molar-refractivity contribution in [3.63, 3.8) is 0 Å². The van der Waals surface area contributed by atoms with Gasteiger partial charge < -0.3 is 9.47 Å². The molecule has 8 heteroatoms. The van der Waals surface area contributed by atoms with E-state index in [1.54, 1.807) is 17.2 Å². The molecule has 0 radical (unpaired) electrons. The van der Waals surface area contributed by atoms with Gasteiger partial charge in [0.05, 0.1) is 23.9 Å². The van der Waals surface area contributed by atoms with E-state index >= 15 is 0 Å². The van der Waals surface area contributed by atoms with Gasteiger partial charge >= 0.3 is 0 Å². The van der Waals surface area contributed by atoms with E-state index in [0.717, 1.165) is 43.0 Å². The molecule has 0 spiro atoms. The van der Waals surface area contributed by atoms with Gasteiger partial charge in [0.25, 0.3) is 0 Å². The van der Waals surface area contributed by atoms with Crippen LogP contribution in [0.15, 0.2) is 36.9 Å². The van der Waals surface area contributed by atoms with Crippen LogP contribution in [0.5, 0.6) is 0 Å². The summed E-state index contributed by atoms with van der Waals surface area (Å²) in [7, 11) is 6.06. The Labute approximate surface area is 163 Å². The Bertz CT molecular complexity index is 979. The van der Waals surface area contributed by atoms with E-state index in [9.17, 15) is 8.78 Å². The number of aryl methyl sites for hydroxylation is 1. The lowest BCUT2D eigenvalue weighted by Crippen LogP contribution is -2.51. The maximum atomic E-state index is 14.5. The van der Waals surface area contributed by atoms with Gasteiger partial charge in [0.2, 0.25) is 0 Å². The van der Waals surface area contributed by atoms with E-state index in [1.165, 1.54) is 6.07 Å². The standard InChI is InChI=1S/C20H24F2N6/c1-25-6-7-26(2)16(11-25)12-28-13-23-19(17-8-15(21)4-5-18(17)22)20(28)14-9-24-27(3)10-14/h4-5,8-10,13,16H,6-7,11-12H2,1-3H3. The van der Waals surface area contributed by atoms with Gasteiger partial charge in [-0.25, -0.2) is 13.8 Å². The molecule has 1 aliphatic heterocycles. The van der Waals surface area contributed by atoms with Crippen LogP contribution in [0.1, 0.15) is 0 Å². The smallest absolute Gasteiger partial charge is 0.132 e. The number of hydrogen-bond acceptors (Lipinski definition) is 4. The van der Waals surface area contributed by atoms with Gasteiger partial charge in [-0.2, -0.15) is 5.10 Å². The molecule has 3 aromatic rings. The van der Waals surface area contributed by atoms with Gasteiger partial charge in [-0.15, -0.1) is 0 Å². The second-order valence-corrected chi connectivity index (χ2v) is 7.52. The molecule has 3 heterocycles. The zero-order valence-electron chi connectivity index (χ0n) is 16.3. The van der Waals surface area contributed by atoms with Crippen molar-refractivity contribution >= 4 is 0 Å². The number of imidazole rings is 1. The van der Waals surface area contributed by atoms with Crippen molar-refractivity contribution in [2.75, 3.05) is 33.7 Å². The number of likely N-dealkylation sites (N-methyl/N-ethyl adjacent to an activating group) is 2. The second kappa shape index (κ2) is 7.44. The van der Waals surface area contributed by atoms with Crippen LogP contribution in [0.4, 0.5) is 8.78 Å². The van der Waals surface area contributed by atoms with Crippen molar-refractivity contribution in [3.05, 3.63) is 48.6 Å². The Hall–Kier alpha value is -2.58. The highest BCUT2D eigenvalue weighted by Crippen LogP contribution is 2.33. The molecule has 2 aromatic heterocycles. The third-order valence-electron chi connectivity index (χ3n) is 5.39. The molecule has 0 N–H and O–H groups in total. The molecule has 148 valence electrons. The maximum absolute atomic E-state index is 14.5. The van der Waals surface area contributed by atoms with Crippen molar-refractivity contribution in [2.24, 2.45) is 7.05 Å². The highest BCUT2D eigenvalue weighted by Gasteiger charge is 2.26. The van der Waals surface area contributed by atoms with Crippen LogP contribution in [0.3, 0.4) is 0 Å². The molecule has 1 saturated heterocycles. The summed E-state index contributed by atoms with van der Waals surface area (Å²) in [6.45, 7) is 3.66. The number of aromatic nitrogens is 4. The van der Waals surface area contributed by atoms with Crippen LogP contribution in [0.2, 0.25) is 0 Å². The first-order valence-electron chi connectivity index (χ1n) is 9.30. The summed E-state index contributed by atoms with van der Waals surface area (Å²) in [6.07, 6.45) is 5.31. The largest absolute Gasteiger partial charge is 0.328 e. The van der Waals surface area contributed by atoms with Crippen LogP contribution >= 0.6 is 0 Å². The molecular weight excluding hydrogens is 362 g/mol. The van der Waals surface area contributed by atoms with E-state index in [4.69, 9.17) is 0 Å². The Morgan fingerprint density at radius 1 is 1.14 bits per heavy atom. The molecule has 6 nitrogen and oxygen atoms in total. The first-order valence-corrected chi connectivity index (χ1v) is 9.30. The molecule has 1 aromatic carbocycles. The quantitative estimate of drug-likeness (QED) is 0.691. The molecule has 4 rings (SSSR count). The zero-order valence-corrected chi connectivity index (χ0v) is 16.3. The fourth-order valence-electron chi connectivity index (χ4n) is 3.77. The first-order chi connectivity index (χ1) is 13.4. The maximum Gasteiger partial charge on any atom is 0.132 e. The third-order valence-corrected chi connectivity index (χ3v) is 5.39. The number of rotatable bonds is 4. The van der Waals surface area contributed by atoms with Crippen molar-refractivity contribution in [1.29, 1.82) is 0 Å². The highest BCUT2D eigenvalue weighted by molar-refractivity contribution is 5.78. The topological polar surface area (TPSA) is 42.1 Å². The van der Waals surface area contributed by atoms with Crippen LogP contribution in [-0.4, -0.2) is 68.9 Å². The highest BCUT2D eigenvalue weighted by atomic mass is 19.1. The van der Waals surface area contributed by atoms with E-state index in [2.05, 4.69) is 34.0 Å². The fraction of sp³-hybridized carbons (Fsp3) is 0.400. The Morgan fingerprint density at radius 2 is 1.96 bits per heavy atom. The summed E-state index contributed by atoms with van der Waals surface area (Å²) < 4.78 is 32.0. The van der Waals surface area contributed by atoms with E-state index in [0.29, 0.717) is 18.3 Å². The molecule has 1 unspecified atom stereocenters. The van der Waals surface area contributed by atoms with Gasteiger partial charge in [-0.1, -0.05) is 0 Å². The Morgan fingerprint density at radius 3 is 2.71 bits per heavy atom. The molecule has 0 saturated carbocycles. The minimum atomic E-state index is -0.494. The van der Waals surface area contributed by atoms with E-state index in [1.807, 2.05) is 17.8 Å². The molecule has 0 bridgehead atoms. The molecule has 1 atom stereocenters. The number of benzene rings is 1. The van der Waals surface area contributed by atoms with E-state index < -0.39 is 11.6 Å². The van der Waals surface area contributed by atoms with Gasteiger partial charge in [-0.05, 0) is 32.3 Å².